The van der Waals surface area contributed by atoms with Gasteiger partial charge in [0.05, 0.1) is 18.8 Å². The Labute approximate surface area is 145 Å². The molecule has 2 amide bonds. The maximum absolute atomic E-state index is 12.3. The lowest BCUT2D eigenvalue weighted by molar-refractivity contribution is -0.127. The summed E-state index contributed by atoms with van der Waals surface area (Å²) < 4.78 is 11.6. The van der Waals surface area contributed by atoms with E-state index in [1.807, 2.05) is 20.8 Å². The summed E-state index contributed by atoms with van der Waals surface area (Å²) in [4.78, 5) is 25.8. The largest absolute Gasteiger partial charge is 0.444 e. The lowest BCUT2D eigenvalue weighted by Gasteiger charge is -2.42. The molecular weight excluding hydrogens is 308 g/mol. The van der Waals surface area contributed by atoms with Crippen molar-refractivity contribution < 1.29 is 19.1 Å². The first-order valence-electron chi connectivity index (χ1n) is 9.14. The average Bonchev–Trinajstić information content (AvgIpc) is 3.29. The van der Waals surface area contributed by atoms with Gasteiger partial charge in [0.25, 0.3) is 0 Å². The number of ether oxygens (including phenoxy) is 2. The fraction of sp³-hybridized carbons (Fsp3) is 0.889. The van der Waals surface area contributed by atoms with E-state index in [4.69, 9.17) is 9.47 Å². The molecule has 2 rings (SSSR count). The lowest BCUT2D eigenvalue weighted by Crippen LogP contribution is -2.52. The number of amides is 2. The van der Waals surface area contributed by atoms with E-state index >= 15 is 0 Å². The number of hydrogen-bond donors (Lipinski definition) is 1. The molecule has 6 heteroatoms. The first-order chi connectivity index (χ1) is 11.2. The van der Waals surface area contributed by atoms with Crippen molar-refractivity contribution in [3.05, 3.63) is 0 Å². The first kappa shape index (κ1) is 19.0. The molecule has 1 saturated heterocycles. The van der Waals surface area contributed by atoms with Crippen LogP contribution in [0.15, 0.2) is 0 Å². The highest BCUT2D eigenvalue weighted by molar-refractivity contribution is 5.76. The molecule has 0 radical (unpaired) electrons. The molecule has 1 aliphatic carbocycles. The van der Waals surface area contributed by atoms with Gasteiger partial charge >= 0.3 is 6.09 Å². The number of nitrogens with zero attached hydrogens (tertiary/aromatic N) is 1. The van der Waals surface area contributed by atoms with Crippen LogP contribution >= 0.6 is 0 Å². The van der Waals surface area contributed by atoms with Crippen LogP contribution in [0.25, 0.3) is 0 Å². The number of carbonyl (C=O) groups is 2. The molecule has 1 unspecified atom stereocenters. The zero-order chi connectivity index (χ0) is 17.8. The fourth-order valence-corrected chi connectivity index (χ4v) is 2.98. The molecule has 1 atom stereocenters. The standard InChI is InChI=1S/C18H32N2O4/c1-5-18(23-12-9-15(21)19-14-7-8-14)10-6-11-20(13-18)16(22)24-17(2,3)4/h14H,5-13H2,1-4H3,(H,19,21). The zero-order valence-electron chi connectivity index (χ0n) is 15.5. The second kappa shape index (κ2) is 7.72. The first-order valence-corrected chi connectivity index (χ1v) is 9.14. The molecular formula is C18H32N2O4. The van der Waals surface area contributed by atoms with Crippen LogP contribution in [0.3, 0.4) is 0 Å². The Bertz CT molecular complexity index is 456. The normalized spacial score (nSPS) is 24.6. The van der Waals surface area contributed by atoms with Crippen molar-refractivity contribution in [1.29, 1.82) is 0 Å². The van der Waals surface area contributed by atoms with Crippen molar-refractivity contribution in [1.82, 2.24) is 10.2 Å². The molecule has 1 N–H and O–H groups in total. The van der Waals surface area contributed by atoms with E-state index in [2.05, 4.69) is 12.2 Å². The van der Waals surface area contributed by atoms with E-state index in [1.54, 1.807) is 4.90 Å². The molecule has 0 bridgehead atoms. The predicted molar refractivity (Wildman–Crippen MR) is 91.8 cm³/mol. The number of hydrogen-bond acceptors (Lipinski definition) is 4. The van der Waals surface area contributed by atoms with Crippen molar-refractivity contribution in [2.24, 2.45) is 0 Å². The number of piperidine rings is 1. The highest BCUT2D eigenvalue weighted by Gasteiger charge is 2.38. The molecule has 1 heterocycles. The molecule has 0 aromatic heterocycles. The summed E-state index contributed by atoms with van der Waals surface area (Å²) >= 11 is 0. The Morgan fingerprint density at radius 1 is 1.29 bits per heavy atom. The van der Waals surface area contributed by atoms with Gasteiger partial charge in [-0.3, -0.25) is 4.79 Å². The Kier molecular flexibility index (Phi) is 6.12. The highest BCUT2D eigenvalue weighted by atomic mass is 16.6. The fourth-order valence-electron chi connectivity index (χ4n) is 2.98. The minimum atomic E-state index is -0.495. The number of carbonyl (C=O) groups excluding carboxylic acids is 2. The van der Waals surface area contributed by atoms with Crippen molar-refractivity contribution >= 4 is 12.0 Å². The quantitative estimate of drug-likeness (QED) is 0.807. The second-order valence-corrected chi connectivity index (χ2v) is 7.98. The molecule has 6 nitrogen and oxygen atoms in total. The third-order valence-corrected chi connectivity index (χ3v) is 4.52. The summed E-state index contributed by atoms with van der Waals surface area (Å²) in [6.45, 7) is 9.31. The van der Waals surface area contributed by atoms with Crippen molar-refractivity contribution in [3.63, 3.8) is 0 Å². The van der Waals surface area contributed by atoms with Gasteiger partial charge in [0.15, 0.2) is 0 Å². The number of rotatable bonds is 6. The second-order valence-electron chi connectivity index (χ2n) is 7.98. The smallest absolute Gasteiger partial charge is 0.410 e. The van der Waals surface area contributed by atoms with E-state index < -0.39 is 5.60 Å². The van der Waals surface area contributed by atoms with Gasteiger partial charge in [0, 0.05) is 19.0 Å². The van der Waals surface area contributed by atoms with Gasteiger partial charge in [-0.05, 0) is 52.9 Å². The van der Waals surface area contributed by atoms with Crippen molar-refractivity contribution in [2.75, 3.05) is 19.7 Å². The lowest BCUT2D eigenvalue weighted by atomic mass is 9.90. The van der Waals surface area contributed by atoms with Gasteiger partial charge in [-0.1, -0.05) is 6.92 Å². The van der Waals surface area contributed by atoms with Gasteiger partial charge in [0.2, 0.25) is 5.91 Å². The van der Waals surface area contributed by atoms with Gasteiger partial charge in [-0.2, -0.15) is 0 Å². The molecule has 2 aliphatic rings. The van der Waals surface area contributed by atoms with Gasteiger partial charge in [-0.15, -0.1) is 0 Å². The summed E-state index contributed by atoms with van der Waals surface area (Å²) in [6.07, 6.45) is 4.90. The molecule has 1 aliphatic heterocycles. The molecule has 0 aromatic rings. The highest BCUT2D eigenvalue weighted by Crippen LogP contribution is 2.29. The third-order valence-electron chi connectivity index (χ3n) is 4.52. The van der Waals surface area contributed by atoms with E-state index in [9.17, 15) is 9.59 Å². The van der Waals surface area contributed by atoms with Crippen LogP contribution < -0.4 is 5.32 Å². The number of nitrogens with one attached hydrogen (secondary N) is 1. The molecule has 0 spiro atoms. The van der Waals surface area contributed by atoms with E-state index in [0.29, 0.717) is 32.2 Å². The number of likely N-dealkylation sites (tertiary alicyclic amines) is 1. The van der Waals surface area contributed by atoms with Gasteiger partial charge in [0.1, 0.15) is 5.60 Å². The van der Waals surface area contributed by atoms with Gasteiger partial charge < -0.3 is 19.7 Å². The van der Waals surface area contributed by atoms with E-state index in [1.165, 1.54) is 0 Å². The Morgan fingerprint density at radius 2 is 2.00 bits per heavy atom. The van der Waals surface area contributed by atoms with E-state index in [0.717, 1.165) is 32.1 Å². The predicted octanol–water partition coefficient (Wildman–Crippen LogP) is 2.85. The average molecular weight is 340 g/mol. The Hall–Kier alpha value is -1.30. The van der Waals surface area contributed by atoms with Crippen LogP contribution in [0, 0.1) is 0 Å². The zero-order valence-corrected chi connectivity index (χ0v) is 15.5. The summed E-state index contributed by atoms with van der Waals surface area (Å²) in [5.41, 5.74) is -0.861. The van der Waals surface area contributed by atoms with Crippen molar-refractivity contribution in [2.45, 2.75) is 83.5 Å². The third kappa shape index (κ3) is 5.96. The Balaban J connectivity index is 1.83. The summed E-state index contributed by atoms with van der Waals surface area (Å²) in [5, 5.41) is 2.97. The van der Waals surface area contributed by atoms with Crippen LogP contribution in [-0.2, 0) is 14.3 Å². The maximum Gasteiger partial charge on any atom is 0.410 e. The van der Waals surface area contributed by atoms with E-state index in [-0.39, 0.29) is 17.6 Å². The molecule has 2 fully saturated rings. The molecule has 138 valence electrons. The maximum atomic E-state index is 12.3. The van der Waals surface area contributed by atoms with Gasteiger partial charge in [-0.25, -0.2) is 4.79 Å². The topological polar surface area (TPSA) is 67.9 Å². The molecule has 1 saturated carbocycles. The van der Waals surface area contributed by atoms with Crippen LogP contribution in [0.5, 0.6) is 0 Å². The molecule has 24 heavy (non-hydrogen) atoms. The summed E-state index contributed by atoms with van der Waals surface area (Å²) in [5.74, 6) is 0.0589. The van der Waals surface area contributed by atoms with Crippen LogP contribution in [0.2, 0.25) is 0 Å². The molecule has 0 aromatic carbocycles. The Morgan fingerprint density at radius 3 is 2.58 bits per heavy atom. The summed E-state index contributed by atoms with van der Waals surface area (Å²) in [6, 6.07) is 0.384. The summed E-state index contributed by atoms with van der Waals surface area (Å²) in [7, 11) is 0. The van der Waals surface area contributed by atoms with Crippen molar-refractivity contribution in [3.8, 4) is 0 Å². The van der Waals surface area contributed by atoms with Crippen LogP contribution in [0.1, 0.15) is 66.2 Å². The monoisotopic (exact) mass is 340 g/mol. The minimum absolute atomic E-state index is 0.0589. The SMILES string of the molecule is CCC1(OCCC(=O)NC2CC2)CCCN(C(=O)OC(C)(C)C)C1. The van der Waals surface area contributed by atoms with Crippen LogP contribution in [-0.4, -0.2) is 53.8 Å². The van der Waals surface area contributed by atoms with Crippen LogP contribution in [0.4, 0.5) is 4.79 Å². The minimum Gasteiger partial charge on any atom is -0.444 e.